The third kappa shape index (κ3) is 5.06. The molecule has 0 atom stereocenters. The molecule has 2 heterocycles. The van der Waals surface area contributed by atoms with Crippen molar-refractivity contribution in [3.05, 3.63) is 12.4 Å². The molecule has 0 spiro atoms. The van der Waals surface area contributed by atoms with Gasteiger partial charge in [-0.25, -0.2) is 13.1 Å². The molecule has 1 aromatic heterocycles. The van der Waals surface area contributed by atoms with Gasteiger partial charge in [0.2, 0.25) is 10.0 Å². The minimum Gasteiger partial charge on any atom is -0.315 e. The fourth-order valence-electron chi connectivity index (χ4n) is 2.40. The number of hydrogen-bond donors (Lipinski definition) is 2. The fourth-order valence-corrected chi connectivity index (χ4v) is 3.38. The summed E-state index contributed by atoms with van der Waals surface area (Å²) in [4.78, 5) is 2.52. The quantitative estimate of drug-likeness (QED) is 0.621. The number of likely N-dealkylation sites (tertiary alicyclic amines) is 1. The molecule has 0 unspecified atom stereocenters. The van der Waals surface area contributed by atoms with Crippen LogP contribution in [0.1, 0.15) is 19.8 Å². The first-order chi connectivity index (χ1) is 10.1. The third-order valence-corrected chi connectivity index (χ3v) is 5.02. The van der Waals surface area contributed by atoms with E-state index in [1.807, 2.05) is 6.92 Å². The molecule has 1 aromatic rings. The summed E-state index contributed by atoms with van der Waals surface area (Å²) in [5, 5.41) is 7.27. The summed E-state index contributed by atoms with van der Waals surface area (Å²) < 4.78 is 28.6. The van der Waals surface area contributed by atoms with Crippen molar-refractivity contribution in [2.45, 2.75) is 31.2 Å². The number of nitrogens with zero attached hydrogens (tertiary/aromatic N) is 3. The Kier molecular flexibility index (Phi) is 6.16. The molecule has 2 N–H and O–H groups in total. The van der Waals surface area contributed by atoms with Gasteiger partial charge in [0.1, 0.15) is 4.90 Å². The second kappa shape index (κ2) is 7.88. The summed E-state index contributed by atoms with van der Waals surface area (Å²) in [6.07, 6.45) is 5.41. The monoisotopic (exact) mass is 315 g/mol. The Bertz CT molecular complexity index is 522. The van der Waals surface area contributed by atoms with E-state index in [1.54, 1.807) is 10.9 Å². The van der Waals surface area contributed by atoms with Crippen molar-refractivity contribution in [3.63, 3.8) is 0 Å². The van der Waals surface area contributed by atoms with Gasteiger partial charge in [0.15, 0.2) is 0 Å². The van der Waals surface area contributed by atoms with Gasteiger partial charge < -0.3 is 10.2 Å². The van der Waals surface area contributed by atoms with Crippen LogP contribution in [0.15, 0.2) is 17.3 Å². The van der Waals surface area contributed by atoms with E-state index in [-0.39, 0.29) is 4.90 Å². The molecular weight excluding hydrogens is 290 g/mol. The van der Waals surface area contributed by atoms with Gasteiger partial charge in [0.25, 0.3) is 0 Å². The maximum Gasteiger partial charge on any atom is 0.243 e. The number of nitrogens with one attached hydrogen (secondary N) is 2. The first-order valence-corrected chi connectivity index (χ1v) is 9.05. The van der Waals surface area contributed by atoms with E-state index < -0.39 is 10.0 Å². The third-order valence-electron chi connectivity index (χ3n) is 3.61. The van der Waals surface area contributed by atoms with Gasteiger partial charge in [-0.2, -0.15) is 5.10 Å². The lowest BCUT2D eigenvalue weighted by molar-refractivity contribution is 0.344. The van der Waals surface area contributed by atoms with Crippen molar-refractivity contribution in [1.29, 1.82) is 0 Å². The van der Waals surface area contributed by atoms with Crippen LogP contribution in [0.5, 0.6) is 0 Å². The van der Waals surface area contributed by atoms with Crippen LogP contribution < -0.4 is 10.0 Å². The van der Waals surface area contributed by atoms with E-state index in [0.717, 1.165) is 32.7 Å². The molecule has 1 aliphatic heterocycles. The molecule has 21 heavy (non-hydrogen) atoms. The first-order valence-electron chi connectivity index (χ1n) is 7.57. The molecule has 1 aliphatic rings. The van der Waals surface area contributed by atoms with Gasteiger partial charge in [-0.15, -0.1) is 0 Å². The van der Waals surface area contributed by atoms with Gasteiger partial charge in [0, 0.05) is 25.8 Å². The molecule has 8 heteroatoms. The minimum absolute atomic E-state index is 0.237. The molecule has 0 aromatic carbocycles. The van der Waals surface area contributed by atoms with Crippen LogP contribution in [-0.2, 0) is 16.6 Å². The van der Waals surface area contributed by atoms with Gasteiger partial charge in [0.05, 0.1) is 12.7 Å². The second-order valence-electron chi connectivity index (χ2n) is 5.24. The molecule has 0 bridgehead atoms. The summed E-state index contributed by atoms with van der Waals surface area (Å²) >= 11 is 0. The topological polar surface area (TPSA) is 79.3 Å². The maximum absolute atomic E-state index is 12.2. The Labute approximate surface area is 126 Å². The Morgan fingerprint density at radius 2 is 2.00 bits per heavy atom. The standard InChI is InChI=1S/C13H25N5O2S/c1-2-14-5-10-18-12-13(11-15-18)21(19,20)16-6-9-17-7-3-4-8-17/h11-12,14,16H,2-10H2,1H3. The van der Waals surface area contributed by atoms with Crippen molar-refractivity contribution in [1.82, 2.24) is 24.7 Å². The number of aromatic nitrogens is 2. The Balaban J connectivity index is 1.80. The average molecular weight is 315 g/mol. The lowest BCUT2D eigenvalue weighted by Gasteiger charge is -2.14. The number of rotatable bonds is 9. The summed E-state index contributed by atoms with van der Waals surface area (Å²) in [5.41, 5.74) is 0. The zero-order valence-corrected chi connectivity index (χ0v) is 13.4. The van der Waals surface area contributed by atoms with E-state index in [0.29, 0.717) is 13.1 Å². The Morgan fingerprint density at radius 1 is 1.24 bits per heavy atom. The predicted molar refractivity (Wildman–Crippen MR) is 81.6 cm³/mol. The van der Waals surface area contributed by atoms with Crippen molar-refractivity contribution in [2.75, 3.05) is 39.3 Å². The summed E-state index contributed by atoms with van der Waals surface area (Å²) in [7, 11) is -3.44. The van der Waals surface area contributed by atoms with Crippen LogP contribution in [0, 0.1) is 0 Å². The minimum atomic E-state index is -3.44. The Morgan fingerprint density at radius 3 is 2.71 bits per heavy atom. The second-order valence-corrected chi connectivity index (χ2v) is 7.01. The smallest absolute Gasteiger partial charge is 0.243 e. The molecule has 120 valence electrons. The van der Waals surface area contributed by atoms with Crippen molar-refractivity contribution >= 4 is 10.0 Å². The van der Waals surface area contributed by atoms with E-state index in [9.17, 15) is 8.42 Å². The zero-order valence-electron chi connectivity index (χ0n) is 12.6. The van der Waals surface area contributed by atoms with Gasteiger partial charge in [-0.3, -0.25) is 4.68 Å². The zero-order chi connectivity index (χ0) is 15.1. The van der Waals surface area contributed by atoms with E-state index in [2.05, 4.69) is 20.0 Å². The van der Waals surface area contributed by atoms with Crippen LogP contribution >= 0.6 is 0 Å². The number of hydrogen-bond acceptors (Lipinski definition) is 5. The van der Waals surface area contributed by atoms with Crippen molar-refractivity contribution < 1.29 is 8.42 Å². The summed E-state index contributed by atoms with van der Waals surface area (Å²) in [6, 6.07) is 0. The van der Waals surface area contributed by atoms with E-state index in [1.165, 1.54) is 19.0 Å². The normalized spacial score (nSPS) is 16.6. The van der Waals surface area contributed by atoms with Gasteiger partial charge in [-0.05, 0) is 32.5 Å². The van der Waals surface area contributed by atoms with Crippen LogP contribution in [0.2, 0.25) is 0 Å². The molecule has 2 rings (SSSR count). The number of sulfonamides is 1. The lowest BCUT2D eigenvalue weighted by Crippen LogP contribution is -2.33. The average Bonchev–Trinajstić information content (AvgIpc) is 3.10. The van der Waals surface area contributed by atoms with Crippen LogP contribution in [-0.4, -0.2) is 62.4 Å². The molecule has 7 nitrogen and oxygen atoms in total. The fraction of sp³-hybridized carbons (Fsp3) is 0.769. The summed E-state index contributed by atoms with van der Waals surface area (Å²) in [5.74, 6) is 0. The van der Waals surface area contributed by atoms with Crippen LogP contribution in [0.25, 0.3) is 0 Å². The largest absolute Gasteiger partial charge is 0.315 e. The van der Waals surface area contributed by atoms with Crippen LogP contribution in [0.4, 0.5) is 0 Å². The molecule has 1 saturated heterocycles. The lowest BCUT2D eigenvalue weighted by atomic mass is 10.4. The van der Waals surface area contributed by atoms with E-state index >= 15 is 0 Å². The summed E-state index contributed by atoms with van der Waals surface area (Å²) in [6.45, 7) is 7.73. The molecular formula is C13H25N5O2S. The number of likely N-dealkylation sites (N-methyl/N-ethyl adjacent to an activating group) is 1. The highest BCUT2D eigenvalue weighted by Crippen LogP contribution is 2.08. The highest BCUT2D eigenvalue weighted by Gasteiger charge is 2.17. The molecule has 0 saturated carbocycles. The SMILES string of the molecule is CCNCCn1cc(S(=O)(=O)NCCN2CCCC2)cn1. The highest BCUT2D eigenvalue weighted by molar-refractivity contribution is 7.89. The van der Waals surface area contributed by atoms with Gasteiger partial charge >= 0.3 is 0 Å². The van der Waals surface area contributed by atoms with E-state index in [4.69, 9.17) is 0 Å². The molecule has 0 aliphatic carbocycles. The highest BCUT2D eigenvalue weighted by atomic mass is 32.2. The van der Waals surface area contributed by atoms with Crippen molar-refractivity contribution in [3.8, 4) is 0 Å². The molecule has 0 amide bonds. The first kappa shape index (κ1) is 16.4. The Hall–Kier alpha value is -0.960. The van der Waals surface area contributed by atoms with Crippen LogP contribution in [0.3, 0.4) is 0 Å². The molecule has 1 fully saturated rings. The maximum atomic E-state index is 12.2. The predicted octanol–water partition coefficient (Wildman–Crippen LogP) is -0.133. The van der Waals surface area contributed by atoms with Crippen molar-refractivity contribution in [2.24, 2.45) is 0 Å². The molecule has 0 radical (unpaired) electrons. The van der Waals surface area contributed by atoms with Gasteiger partial charge in [-0.1, -0.05) is 6.92 Å².